The lowest BCUT2D eigenvalue weighted by atomic mass is 10.1. The Kier molecular flexibility index (Phi) is 38.2. The second-order valence-electron chi connectivity index (χ2n) is 13.6. The van der Waals surface area contributed by atoms with Crippen LogP contribution in [0.5, 0.6) is 0 Å². The summed E-state index contributed by atoms with van der Waals surface area (Å²) in [6, 6.07) is 0. The number of carbonyl (C=O) groups is 1. The van der Waals surface area contributed by atoms with E-state index in [1.165, 1.54) is 167 Å². The van der Waals surface area contributed by atoms with Crippen molar-refractivity contribution in [1.82, 2.24) is 4.90 Å². The molecule has 0 aliphatic carbocycles. The zero-order valence-corrected chi connectivity index (χ0v) is 31.0. The summed E-state index contributed by atoms with van der Waals surface area (Å²) < 4.78 is 0. The fourth-order valence-corrected chi connectivity index (χ4v) is 5.94. The van der Waals surface area contributed by atoms with Gasteiger partial charge in [0.25, 0.3) is 0 Å². The smallest absolute Gasteiger partial charge is 0.304 e. The Morgan fingerprint density at radius 2 is 0.717 bits per heavy atom. The van der Waals surface area contributed by atoms with E-state index in [1.54, 1.807) is 0 Å². The molecule has 0 aromatic carbocycles. The van der Waals surface area contributed by atoms with Crippen molar-refractivity contribution in [2.24, 2.45) is 0 Å². The molecule has 0 saturated carbocycles. The molecule has 3 nitrogen and oxygen atoms in total. The topological polar surface area (TPSA) is 40.5 Å². The fraction of sp³-hybridized carbons (Fsp3) is 0.791. The predicted octanol–water partition coefficient (Wildman–Crippen LogP) is 14.0. The third-order valence-electron chi connectivity index (χ3n) is 8.99. The second-order valence-corrected chi connectivity index (χ2v) is 13.6. The van der Waals surface area contributed by atoms with Gasteiger partial charge in [-0.25, -0.2) is 0 Å². The maximum Gasteiger partial charge on any atom is 0.304 e. The summed E-state index contributed by atoms with van der Waals surface area (Å²) in [5.41, 5.74) is 0. The molecule has 0 saturated heterocycles. The van der Waals surface area contributed by atoms with Crippen molar-refractivity contribution >= 4 is 5.97 Å². The summed E-state index contributed by atoms with van der Waals surface area (Å²) >= 11 is 0. The molecule has 1 N–H and O–H groups in total. The number of aliphatic carboxylic acids is 1. The van der Waals surface area contributed by atoms with E-state index in [1.807, 2.05) is 0 Å². The van der Waals surface area contributed by atoms with Gasteiger partial charge in [0, 0.05) is 6.54 Å². The molecule has 46 heavy (non-hydrogen) atoms. The average Bonchev–Trinajstić information content (AvgIpc) is 3.05. The number of carboxylic acids is 1. The highest BCUT2D eigenvalue weighted by Crippen LogP contribution is 2.13. The molecule has 0 heterocycles. The van der Waals surface area contributed by atoms with Crippen LogP contribution < -0.4 is 0 Å². The Balaban J connectivity index is 3.65. The lowest BCUT2D eigenvalue weighted by Crippen LogP contribution is -2.28. The highest BCUT2D eigenvalue weighted by Gasteiger charge is 2.07. The zero-order chi connectivity index (χ0) is 33.4. The van der Waals surface area contributed by atoms with Crippen LogP contribution in [0.25, 0.3) is 0 Å². The Labute approximate surface area is 288 Å². The third kappa shape index (κ3) is 38.6. The number of nitrogens with zero attached hydrogens (tertiary/aromatic N) is 1. The van der Waals surface area contributed by atoms with Gasteiger partial charge in [0.05, 0.1) is 6.42 Å². The summed E-state index contributed by atoms with van der Waals surface area (Å²) in [5, 5.41) is 9.18. The number of unbranched alkanes of at least 4 members (excludes halogenated alkanes) is 22. The quantitative estimate of drug-likeness (QED) is 0.0542. The molecule has 0 aromatic rings. The predicted molar refractivity (Wildman–Crippen MR) is 206 cm³/mol. The molecule has 0 aliphatic heterocycles. The van der Waals surface area contributed by atoms with Crippen LogP contribution in [-0.2, 0) is 4.79 Å². The van der Waals surface area contributed by atoms with Crippen LogP contribution in [0.4, 0.5) is 0 Å². The largest absolute Gasteiger partial charge is 0.481 e. The standard InChI is InChI=1S/C43H79NO2/c1-3-5-7-9-11-13-15-17-19-21-23-25-27-29-31-33-35-37-40-44(42-39-43(45)46)41-38-36-34-32-30-28-26-24-22-20-18-16-14-12-10-8-6-4-2/h11-14,17-20H,3-10,15-16,21-42H2,1-2H3,(H,45,46)/b13-11-,14-12-,19-17-,20-18-. The van der Waals surface area contributed by atoms with Crippen LogP contribution in [0.3, 0.4) is 0 Å². The molecule has 268 valence electrons. The molecule has 0 atom stereocenters. The van der Waals surface area contributed by atoms with Gasteiger partial charge in [0.15, 0.2) is 0 Å². The maximum absolute atomic E-state index is 11.1. The Hall–Kier alpha value is -1.61. The SMILES string of the molecule is CCCCC/C=C\C/C=C\CCCCCCCCCCN(CCCCCCCCCC/C=C\C/C=C\CCCCC)CCC(=O)O. The van der Waals surface area contributed by atoms with Crippen LogP contribution in [0.2, 0.25) is 0 Å². The van der Waals surface area contributed by atoms with Gasteiger partial charge in [-0.15, -0.1) is 0 Å². The first-order valence-corrected chi connectivity index (χ1v) is 20.2. The minimum atomic E-state index is -0.666. The molecule has 0 bridgehead atoms. The monoisotopic (exact) mass is 642 g/mol. The maximum atomic E-state index is 11.1. The molecular weight excluding hydrogens is 562 g/mol. The summed E-state index contributed by atoms with van der Waals surface area (Å²) in [7, 11) is 0. The van der Waals surface area contributed by atoms with E-state index < -0.39 is 5.97 Å². The van der Waals surface area contributed by atoms with Crippen molar-refractivity contribution < 1.29 is 9.90 Å². The van der Waals surface area contributed by atoms with E-state index in [0.717, 1.165) is 25.9 Å². The summed E-state index contributed by atoms with van der Waals surface area (Å²) in [5.74, 6) is -0.666. The fourth-order valence-electron chi connectivity index (χ4n) is 5.94. The van der Waals surface area contributed by atoms with Gasteiger partial charge in [-0.2, -0.15) is 0 Å². The Bertz CT molecular complexity index is 670. The molecule has 3 heteroatoms. The van der Waals surface area contributed by atoms with E-state index in [-0.39, 0.29) is 6.42 Å². The van der Waals surface area contributed by atoms with Gasteiger partial charge < -0.3 is 10.0 Å². The molecule has 0 aliphatic rings. The van der Waals surface area contributed by atoms with Crippen molar-refractivity contribution in [3.63, 3.8) is 0 Å². The van der Waals surface area contributed by atoms with E-state index in [0.29, 0.717) is 6.54 Å². The molecule has 0 radical (unpaired) electrons. The van der Waals surface area contributed by atoms with Crippen LogP contribution >= 0.6 is 0 Å². The van der Waals surface area contributed by atoms with Crippen molar-refractivity contribution in [1.29, 1.82) is 0 Å². The van der Waals surface area contributed by atoms with Gasteiger partial charge >= 0.3 is 5.97 Å². The summed E-state index contributed by atoms with van der Waals surface area (Å²) in [6.45, 7) is 7.36. The molecule has 0 aromatic heterocycles. The first-order valence-electron chi connectivity index (χ1n) is 20.2. The lowest BCUT2D eigenvalue weighted by molar-refractivity contribution is -0.137. The number of carboxylic acid groups (broad SMARTS) is 1. The average molecular weight is 642 g/mol. The highest BCUT2D eigenvalue weighted by molar-refractivity contribution is 5.66. The van der Waals surface area contributed by atoms with Crippen LogP contribution in [0.15, 0.2) is 48.6 Å². The third-order valence-corrected chi connectivity index (χ3v) is 8.99. The van der Waals surface area contributed by atoms with Crippen molar-refractivity contribution in [2.45, 2.75) is 200 Å². The number of rotatable bonds is 37. The first-order chi connectivity index (χ1) is 22.7. The Morgan fingerprint density at radius 1 is 0.413 bits per heavy atom. The van der Waals surface area contributed by atoms with Crippen molar-refractivity contribution in [3.05, 3.63) is 48.6 Å². The van der Waals surface area contributed by atoms with Crippen molar-refractivity contribution in [3.8, 4) is 0 Å². The van der Waals surface area contributed by atoms with E-state index >= 15 is 0 Å². The van der Waals surface area contributed by atoms with Crippen LogP contribution in [-0.4, -0.2) is 35.6 Å². The molecule has 0 unspecified atom stereocenters. The summed E-state index contributed by atoms with van der Waals surface area (Å²) in [4.78, 5) is 13.6. The molecule has 0 rings (SSSR count). The van der Waals surface area contributed by atoms with Crippen LogP contribution in [0.1, 0.15) is 200 Å². The van der Waals surface area contributed by atoms with Gasteiger partial charge in [-0.3, -0.25) is 4.79 Å². The van der Waals surface area contributed by atoms with Crippen molar-refractivity contribution in [2.75, 3.05) is 19.6 Å². The van der Waals surface area contributed by atoms with Gasteiger partial charge in [0.2, 0.25) is 0 Å². The number of hydrogen-bond donors (Lipinski definition) is 1. The van der Waals surface area contributed by atoms with Crippen LogP contribution in [0, 0.1) is 0 Å². The van der Waals surface area contributed by atoms with Gasteiger partial charge in [-0.05, 0) is 90.1 Å². The molecular formula is C43H79NO2. The summed E-state index contributed by atoms with van der Waals surface area (Å²) in [6.07, 6.45) is 55.2. The first kappa shape index (κ1) is 44.4. The number of hydrogen-bond acceptors (Lipinski definition) is 2. The van der Waals surface area contributed by atoms with E-state index in [2.05, 4.69) is 67.4 Å². The molecule has 0 amide bonds. The van der Waals surface area contributed by atoms with E-state index in [9.17, 15) is 9.90 Å². The normalized spacial score (nSPS) is 12.3. The zero-order valence-electron chi connectivity index (χ0n) is 31.0. The van der Waals surface area contributed by atoms with Gasteiger partial charge in [-0.1, -0.05) is 165 Å². The highest BCUT2D eigenvalue weighted by atomic mass is 16.4. The molecule has 0 spiro atoms. The lowest BCUT2D eigenvalue weighted by Gasteiger charge is -2.21. The molecule has 0 fully saturated rings. The van der Waals surface area contributed by atoms with Gasteiger partial charge in [0.1, 0.15) is 0 Å². The number of allylic oxidation sites excluding steroid dienone is 8. The minimum Gasteiger partial charge on any atom is -0.481 e. The second kappa shape index (κ2) is 39.6. The Morgan fingerprint density at radius 3 is 1.04 bits per heavy atom. The minimum absolute atomic E-state index is 0.274. The van der Waals surface area contributed by atoms with E-state index in [4.69, 9.17) is 0 Å².